The molecular formula is H2BrClN2. The topological polar surface area (TPSA) is 29.3 Å². The lowest BCUT2D eigenvalue weighted by Crippen LogP contribution is -2.03. The largest absolute Gasteiger partial charge is 0.244 e. The Labute approximate surface area is 37.9 Å². The molecule has 0 fully saturated rings. The first-order valence-corrected chi connectivity index (χ1v) is 1.64. The van der Waals surface area contributed by atoms with Gasteiger partial charge in [-0.25, -0.2) is 5.84 Å². The Morgan fingerprint density at radius 3 is 2.00 bits per heavy atom. The van der Waals surface area contributed by atoms with Crippen molar-refractivity contribution in [2.45, 2.75) is 0 Å². The molecule has 0 aliphatic heterocycles. The summed E-state index contributed by atoms with van der Waals surface area (Å²) in [6.45, 7) is 0. The zero-order valence-corrected chi connectivity index (χ0v) is 4.12. The van der Waals surface area contributed by atoms with Crippen molar-refractivity contribution >= 4 is 27.9 Å². The zero-order chi connectivity index (χ0) is 3.58. The molecule has 2 nitrogen and oxygen atoms in total. The number of nitrogens with two attached hydrogens (primary N) is 1. The first-order chi connectivity index (χ1) is 1.73. The average molecular weight is 145 g/mol. The number of rotatable bonds is 0. The first kappa shape index (κ1) is 4.69. The minimum absolute atomic E-state index is 0.785. The molecule has 0 bridgehead atoms. The maximum absolute atomic E-state index is 4.80. The van der Waals surface area contributed by atoms with Crippen LogP contribution in [0.2, 0.25) is 0 Å². The Morgan fingerprint density at radius 1 is 2.00 bits per heavy atom. The lowest BCUT2D eigenvalue weighted by Gasteiger charge is -1.81. The molecule has 0 radical (unpaired) electrons. The van der Waals surface area contributed by atoms with Gasteiger partial charge in [-0.05, 0) is 0 Å². The Bertz CT molecular complexity index is 10.8. The summed E-state index contributed by atoms with van der Waals surface area (Å²) in [7, 11) is 0. The Balaban J connectivity index is 2.32. The Hall–Kier alpha value is 0.690. The molecule has 0 aliphatic rings. The van der Waals surface area contributed by atoms with Crippen LogP contribution in [0, 0.1) is 0 Å². The van der Waals surface area contributed by atoms with Crippen LogP contribution in [0.3, 0.4) is 0 Å². The maximum Gasteiger partial charge on any atom is 0.0475 e. The van der Waals surface area contributed by atoms with E-state index in [1.165, 1.54) is 0 Å². The van der Waals surface area contributed by atoms with Gasteiger partial charge in [0.15, 0.2) is 0 Å². The van der Waals surface area contributed by atoms with Gasteiger partial charge < -0.3 is 0 Å². The summed E-state index contributed by atoms with van der Waals surface area (Å²) in [6, 6.07) is 0. The normalized spacial score (nSPS) is 9.00. The molecule has 2 N–H and O–H groups in total. The van der Waals surface area contributed by atoms with Crippen molar-refractivity contribution in [2.75, 3.05) is 0 Å². The monoisotopic (exact) mass is 144 g/mol. The van der Waals surface area contributed by atoms with Gasteiger partial charge in [0.05, 0.1) is 0 Å². The number of hydrogen-bond donors (Lipinski definition) is 1. The third-order valence-electron chi connectivity index (χ3n) is 0. The molecule has 0 aliphatic carbocycles. The summed E-state index contributed by atoms with van der Waals surface area (Å²) in [5.74, 6) is 4.63. The van der Waals surface area contributed by atoms with E-state index >= 15 is 0 Å². The van der Waals surface area contributed by atoms with Gasteiger partial charge in [-0.1, -0.05) is 3.55 Å². The van der Waals surface area contributed by atoms with Crippen LogP contribution >= 0.6 is 27.9 Å². The molecule has 26 valence electrons. The van der Waals surface area contributed by atoms with Gasteiger partial charge in [-0.3, -0.25) is 0 Å². The van der Waals surface area contributed by atoms with Gasteiger partial charge in [-0.2, -0.15) is 0 Å². The van der Waals surface area contributed by atoms with Crippen molar-refractivity contribution in [3.05, 3.63) is 0 Å². The van der Waals surface area contributed by atoms with Gasteiger partial charge in [0.2, 0.25) is 0 Å². The highest BCUT2D eigenvalue weighted by molar-refractivity contribution is 9.07. The number of nitrogens with zero attached hydrogens (tertiary/aromatic N) is 1. The quantitative estimate of drug-likeness (QED) is 0.308. The minimum atomic E-state index is 0.785. The van der Waals surface area contributed by atoms with E-state index in [2.05, 4.69) is 22.0 Å². The van der Waals surface area contributed by atoms with Crippen molar-refractivity contribution in [1.82, 2.24) is 3.55 Å². The molecule has 0 unspecified atom stereocenters. The summed E-state index contributed by atoms with van der Waals surface area (Å²) in [5.41, 5.74) is 0. The van der Waals surface area contributed by atoms with Crippen LogP contribution in [0.25, 0.3) is 0 Å². The average Bonchev–Trinajstić information content (AvgIpc) is 0.811. The van der Waals surface area contributed by atoms with Crippen molar-refractivity contribution in [3.63, 3.8) is 0 Å². The highest BCUT2D eigenvalue weighted by atomic mass is 79.9. The lowest BCUT2D eigenvalue weighted by molar-refractivity contribution is 0.823. The third-order valence-corrected chi connectivity index (χ3v) is 0. The molecule has 0 atom stereocenters. The fourth-order valence-electron chi connectivity index (χ4n) is 0. The molecule has 0 amide bonds. The Kier molecular flexibility index (Phi) is 2.30. The number of hydrazine groups is 1. The summed E-state index contributed by atoms with van der Waals surface area (Å²) >= 11 is 7.45. The van der Waals surface area contributed by atoms with Crippen molar-refractivity contribution < 1.29 is 0 Å². The molecule has 0 spiro atoms. The molecule has 0 rings (SSSR count). The second kappa shape index (κ2) is 1.96. The number of halogens is 2. The van der Waals surface area contributed by atoms with Crippen LogP contribution in [-0.2, 0) is 0 Å². The highest BCUT2D eigenvalue weighted by Gasteiger charge is 1.66. The van der Waals surface area contributed by atoms with Gasteiger partial charge in [0, 0.05) is 27.9 Å². The van der Waals surface area contributed by atoms with Crippen molar-refractivity contribution in [1.29, 1.82) is 0 Å². The second-order valence-corrected chi connectivity index (χ2v) is 1.80. The van der Waals surface area contributed by atoms with E-state index in [0.717, 1.165) is 3.55 Å². The molecule has 4 heavy (non-hydrogen) atoms. The van der Waals surface area contributed by atoms with E-state index in [1.807, 2.05) is 0 Å². The van der Waals surface area contributed by atoms with Gasteiger partial charge in [-0.15, -0.1) is 0 Å². The fourth-order valence-corrected chi connectivity index (χ4v) is 0. The standard InChI is InChI=1S/BrClH2N2/c1-4(2)3/h3H2. The SMILES string of the molecule is NN(Cl)Br. The minimum Gasteiger partial charge on any atom is -0.244 e. The summed E-state index contributed by atoms with van der Waals surface area (Å²) < 4.78 is 0.785. The van der Waals surface area contributed by atoms with Crippen LogP contribution in [0.4, 0.5) is 0 Å². The maximum atomic E-state index is 4.80. The molecule has 0 aromatic carbocycles. The summed E-state index contributed by atoms with van der Waals surface area (Å²) in [6.07, 6.45) is 0. The first-order valence-electron chi connectivity index (χ1n) is 0.596. The van der Waals surface area contributed by atoms with Crippen LogP contribution in [-0.4, -0.2) is 3.55 Å². The van der Waals surface area contributed by atoms with E-state index < -0.39 is 0 Å². The molecular weight excluding hydrogens is 143 g/mol. The number of hydrogen-bond acceptors (Lipinski definition) is 2. The van der Waals surface area contributed by atoms with E-state index in [0.29, 0.717) is 0 Å². The van der Waals surface area contributed by atoms with Crippen LogP contribution in [0.5, 0.6) is 0 Å². The van der Waals surface area contributed by atoms with Crippen LogP contribution in [0.1, 0.15) is 0 Å². The molecule has 0 heterocycles. The molecule has 0 aromatic rings. The second-order valence-electron chi connectivity index (χ2n) is 0.259. The molecule has 0 saturated carbocycles. The van der Waals surface area contributed by atoms with Crippen molar-refractivity contribution in [2.24, 2.45) is 5.84 Å². The van der Waals surface area contributed by atoms with E-state index in [9.17, 15) is 0 Å². The molecule has 0 saturated heterocycles. The zero-order valence-electron chi connectivity index (χ0n) is 1.78. The van der Waals surface area contributed by atoms with E-state index in [-0.39, 0.29) is 0 Å². The van der Waals surface area contributed by atoms with Gasteiger partial charge >= 0.3 is 0 Å². The highest BCUT2D eigenvalue weighted by Crippen LogP contribution is 1.86. The summed E-state index contributed by atoms with van der Waals surface area (Å²) in [4.78, 5) is 0. The predicted octanol–water partition coefficient (Wildman–Crippen LogP) is 0.626. The van der Waals surface area contributed by atoms with Crippen LogP contribution < -0.4 is 5.84 Å². The van der Waals surface area contributed by atoms with Crippen molar-refractivity contribution in [3.8, 4) is 0 Å². The summed E-state index contributed by atoms with van der Waals surface area (Å²) in [5, 5.41) is 0. The van der Waals surface area contributed by atoms with Gasteiger partial charge in [0.1, 0.15) is 0 Å². The van der Waals surface area contributed by atoms with Crippen LogP contribution in [0.15, 0.2) is 0 Å². The fraction of sp³-hybridized carbons (Fsp3) is 0. The lowest BCUT2D eigenvalue weighted by atomic mass is 13.0. The van der Waals surface area contributed by atoms with E-state index in [4.69, 9.17) is 11.8 Å². The molecule has 4 heteroatoms. The Morgan fingerprint density at radius 2 is 2.00 bits per heavy atom. The third kappa shape index (κ3) is 16.1. The van der Waals surface area contributed by atoms with E-state index in [1.54, 1.807) is 0 Å². The predicted molar refractivity (Wildman–Crippen MR) is 20.8 cm³/mol. The van der Waals surface area contributed by atoms with Gasteiger partial charge in [0.25, 0.3) is 0 Å². The smallest absolute Gasteiger partial charge is 0.0475 e. The molecule has 0 aromatic heterocycles.